The first-order valence-corrected chi connectivity index (χ1v) is 9.96. The topological polar surface area (TPSA) is 59.9 Å². The minimum absolute atomic E-state index is 0.00330. The van der Waals surface area contributed by atoms with Gasteiger partial charge in [-0.2, -0.15) is 4.99 Å². The molecular weight excluding hydrogens is 380 g/mol. The van der Waals surface area contributed by atoms with Crippen molar-refractivity contribution in [2.75, 3.05) is 33.0 Å². The highest BCUT2D eigenvalue weighted by molar-refractivity contribution is 7.80. The zero-order chi connectivity index (χ0) is 19.9. The Morgan fingerprint density at radius 1 is 1.15 bits per heavy atom. The van der Waals surface area contributed by atoms with Crippen LogP contribution in [-0.4, -0.2) is 48.9 Å². The van der Waals surface area contributed by atoms with Crippen molar-refractivity contribution >= 4 is 46.1 Å². The Morgan fingerprint density at radius 3 is 2.44 bits per heavy atom. The Morgan fingerprint density at radius 2 is 1.81 bits per heavy atom. The molecule has 5 nitrogen and oxygen atoms in total. The molecule has 148 valence electrons. The first-order chi connectivity index (χ1) is 13.0. The third-order valence-corrected chi connectivity index (χ3v) is 4.14. The predicted molar refractivity (Wildman–Crippen MR) is 116 cm³/mol. The summed E-state index contributed by atoms with van der Waals surface area (Å²) in [7, 11) is 0. The molecule has 0 aliphatic heterocycles. The summed E-state index contributed by atoms with van der Waals surface area (Å²) in [6.07, 6.45) is 2.54. The van der Waals surface area contributed by atoms with E-state index in [0.717, 1.165) is 29.8 Å². The minimum atomic E-state index is 0.00330. The van der Waals surface area contributed by atoms with Gasteiger partial charge < -0.3 is 14.8 Å². The number of carbonyl (C=O) groups excluding carboxylic acids is 1. The standard InChI is InChI=1S/C20H28N2O3S2/c1-16(2)20(23)21-9-11-25-13-12-24-10-3-4-19(27)14-17-5-7-18(8-6-17)22-15-26/h5-8,16H,3-4,9-14H2,1-2H3,(H,21,23). The first kappa shape index (κ1) is 23.5. The van der Waals surface area contributed by atoms with Gasteiger partial charge in [0.25, 0.3) is 0 Å². The Balaban J connectivity index is 1.99. The summed E-state index contributed by atoms with van der Waals surface area (Å²) >= 11 is 10.0. The zero-order valence-corrected chi connectivity index (χ0v) is 17.7. The van der Waals surface area contributed by atoms with Gasteiger partial charge in [0.2, 0.25) is 5.91 Å². The summed E-state index contributed by atoms with van der Waals surface area (Å²) in [5.41, 5.74) is 1.97. The van der Waals surface area contributed by atoms with E-state index in [0.29, 0.717) is 33.0 Å². The number of rotatable bonds is 14. The van der Waals surface area contributed by atoms with Crippen LogP contribution in [0.2, 0.25) is 0 Å². The summed E-state index contributed by atoms with van der Waals surface area (Å²) in [4.78, 5) is 16.3. The number of amides is 1. The van der Waals surface area contributed by atoms with Crippen molar-refractivity contribution in [3.05, 3.63) is 29.8 Å². The number of carbonyl (C=O) groups is 1. The molecule has 0 radical (unpaired) electrons. The molecule has 1 rings (SSSR count). The molecule has 0 aliphatic carbocycles. The average Bonchev–Trinajstić information content (AvgIpc) is 2.64. The van der Waals surface area contributed by atoms with Gasteiger partial charge in [0.15, 0.2) is 0 Å². The van der Waals surface area contributed by atoms with E-state index in [2.05, 4.69) is 27.7 Å². The molecule has 1 N–H and O–H groups in total. The highest BCUT2D eigenvalue weighted by atomic mass is 32.1. The molecule has 0 unspecified atom stereocenters. The van der Waals surface area contributed by atoms with Gasteiger partial charge in [-0.25, -0.2) is 0 Å². The number of nitrogens with zero attached hydrogens (tertiary/aromatic N) is 1. The van der Waals surface area contributed by atoms with E-state index in [1.165, 1.54) is 5.56 Å². The van der Waals surface area contributed by atoms with Crippen LogP contribution in [0.4, 0.5) is 5.69 Å². The molecule has 0 spiro atoms. The molecule has 0 fully saturated rings. The Bertz CT molecular complexity index is 627. The number of isothiocyanates is 1. The molecule has 0 atom stereocenters. The zero-order valence-electron chi connectivity index (χ0n) is 16.0. The van der Waals surface area contributed by atoms with E-state index in [-0.39, 0.29) is 11.8 Å². The number of benzene rings is 1. The van der Waals surface area contributed by atoms with Crippen LogP contribution in [-0.2, 0) is 20.7 Å². The molecule has 1 aromatic carbocycles. The molecule has 1 amide bonds. The highest BCUT2D eigenvalue weighted by Crippen LogP contribution is 2.13. The van der Waals surface area contributed by atoms with Crippen LogP contribution >= 0.6 is 24.4 Å². The van der Waals surface area contributed by atoms with Crippen LogP contribution in [0.3, 0.4) is 0 Å². The number of hydrogen-bond acceptors (Lipinski definition) is 6. The van der Waals surface area contributed by atoms with Crippen LogP contribution < -0.4 is 5.32 Å². The van der Waals surface area contributed by atoms with Crippen molar-refractivity contribution in [1.29, 1.82) is 0 Å². The van der Waals surface area contributed by atoms with E-state index < -0.39 is 0 Å². The van der Waals surface area contributed by atoms with E-state index in [9.17, 15) is 4.79 Å². The van der Waals surface area contributed by atoms with Gasteiger partial charge in [-0.3, -0.25) is 4.79 Å². The van der Waals surface area contributed by atoms with E-state index in [1.54, 1.807) is 0 Å². The van der Waals surface area contributed by atoms with Crippen LogP contribution in [0.5, 0.6) is 0 Å². The fourth-order valence-corrected chi connectivity index (χ4v) is 2.62. The predicted octanol–water partition coefficient (Wildman–Crippen LogP) is 3.92. The third kappa shape index (κ3) is 11.7. The van der Waals surface area contributed by atoms with Crippen LogP contribution in [0.25, 0.3) is 0 Å². The van der Waals surface area contributed by atoms with Crippen molar-refractivity contribution in [3.8, 4) is 0 Å². The average molecular weight is 409 g/mol. The SMILES string of the molecule is CC(C)C(=O)NCCOCCOCCCC(=S)Cc1ccc(N=C=S)cc1. The Kier molecular flexibility index (Phi) is 12.7. The van der Waals surface area contributed by atoms with Gasteiger partial charge in [-0.1, -0.05) is 38.2 Å². The van der Waals surface area contributed by atoms with E-state index in [4.69, 9.17) is 21.7 Å². The van der Waals surface area contributed by atoms with Gasteiger partial charge >= 0.3 is 0 Å². The quantitative estimate of drug-likeness (QED) is 0.287. The summed E-state index contributed by atoms with van der Waals surface area (Å²) < 4.78 is 11.0. The number of thiocarbonyl (C=S) groups is 2. The second kappa shape index (κ2) is 14.5. The van der Waals surface area contributed by atoms with Crippen molar-refractivity contribution in [1.82, 2.24) is 5.32 Å². The Hall–Kier alpha value is -1.50. The normalized spacial score (nSPS) is 10.5. The summed E-state index contributed by atoms with van der Waals surface area (Å²) in [5.74, 6) is 0.0498. The lowest BCUT2D eigenvalue weighted by molar-refractivity contribution is -0.124. The number of nitrogens with one attached hydrogen (secondary N) is 1. The summed E-state index contributed by atoms with van der Waals surface area (Å²) in [6.45, 7) is 6.50. The molecule has 1 aromatic rings. The second-order valence-electron chi connectivity index (χ2n) is 6.36. The molecule has 0 saturated carbocycles. The number of hydrogen-bond donors (Lipinski definition) is 1. The lowest BCUT2D eigenvalue weighted by Gasteiger charge is -2.09. The maximum Gasteiger partial charge on any atom is 0.222 e. The Labute approximate surface area is 172 Å². The summed E-state index contributed by atoms with van der Waals surface area (Å²) in [5, 5.41) is 5.16. The fraction of sp³-hybridized carbons (Fsp3) is 0.550. The van der Waals surface area contributed by atoms with Gasteiger partial charge in [0.05, 0.1) is 30.7 Å². The minimum Gasteiger partial charge on any atom is -0.379 e. The first-order valence-electron chi connectivity index (χ1n) is 9.14. The second-order valence-corrected chi connectivity index (χ2v) is 7.12. The number of aliphatic imine (C=N–C) groups is 1. The number of ether oxygens (including phenoxy) is 2. The van der Waals surface area contributed by atoms with Gasteiger partial charge in [-0.05, 0) is 47.6 Å². The maximum atomic E-state index is 11.3. The largest absolute Gasteiger partial charge is 0.379 e. The highest BCUT2D eigenvalue weighted by Gasteiger charge is 2.04. The lowest BCUT2D eigenvalue weighted by atomic mass is 10.1. The van der Waals surface area contributed by atoms with Gasteiger partial charge in [-0.15, -0.1) is 0 Å². The summed E-state index contributed by atoms with van der Waals surface area (Å²) in [6, 6.07) is 7.84. The van der Waals surface area contributed by atoms with Crippen LogP contribution in [0.15, 0.2) is 29.3 Å². The van der Waals surface area contributed by atoms with Crippen molar-refractivity contribution in [2.24, 2.45) is 10.9 Å². The monoisotopic (exact) mass is 408 g/mol. The smallest absolute Gasteiger partial charge is 0.222 e. The molecule has 0 saturated heterocycles. The molecule has 0 aliphatic rings. The maximum absolute atomic E-state index is 11.3. The van der Waals surface area contributed by atoms with Gasteiger partial charge in [0, 0.05) is 25.5 Å². The van der Waals surface area contributed by atoms with E-state index in [1.807, 2.05) is 38.1 Å². The van der Waals surface area contributed by atoms with Gasteiger partial charge in [0.1, 0.15) is 0 Å². The van der Waals surface area contributed by atoms with Crippen molar-refractivity contribution in [3.63, 3.8) is 0 Å². The molecule has 7 heteroatoms. The molecular formula is C20H28N2O3S2. The van der Waals surface area contributed by atoms with Crippen LogP contribution in [0.1, 0.15) is 32.3 Å². The lowest BCUT2D eigenvalue weighted by Crippen LogP contribution is -2.31. The third-order valence-electron chi connectivity index (χ3n) is 3.70. The van der Waals surface area contributed by atoms with E-state index >= 15 is 0 Å². The molecule has 27 heavy (non-hydrogen) atoms. The molecule has 0 heterocycles. The molecule has 0 aromatic heterocycles. The van der Waals surface area contributed by atoms with Crippen molar-refractivity contribution in [2.45, 2.75) is 33.1 Å². The van der Waals surface area contributed by atoms with Crippen LogP contribution in [0, 0.1) is 5.92 Å². The fourth-order valence-electron chi connectivity index (χ4n) is 2.20. The van der Waals surface area contributed by atoms with Crippen molar-refractivity contribution < 1.29 is 14.3 Å². The molecule has 0 bridgehead atoms.